The second kappa shape index (κ2) is 8.63. The third-order valence-corrected chi connectivity index (χ3v) is 6.81. The molecule has 0 unspecified atom stereocenters. The van der Waals surface area contributed by atoms with Gasteiger partial charge in [0.05, 0.1) is 11.3 Å². The van der Waals surface area contributed by atoms with Crippen molar-refractivity contribution in [3.63, 3.8) is 0 Å². The molecule has 8 heteroatoms. The zero-order chi connectivity index (χ0) is 22.1. The Morgan fingerprint density at radius 1 is 0.969 bits per heavy atom. The summed E-state index contributed by atoms with van der Waals surface area (Å²) in [6, 6.07) is 17.5. The Morgan fingerprint density at radius 2 is 1.72 bits per heavy atom. The van der Waals surface area contributed by atoms with E-state index >= 15 is 0 Å². The fourth-order valence-corrected chi connectivity index (χ4v) is 5.04. The Labute approximate surface area is 189 Å². The highest BCUT2D eigenvalue weighted by molar-refractivity contribution is 7.99. The maximum absolute atomic E-state index is 13.3. The Morgan fingerprint density at radius 3 is 2.50 bits per heavy atom. The lowest BCUT2D eigenvalue weighted by molar-refractivity contribution is -0.129. The van der Waals surface area contributed by atoms with E-state index in [0.29, 0.717) is 36.8 Å². The molecule has 162 valence electrons. The molecular formula is C24H21FN4O2S. The topological polar surface area (TPSA) is 56.8 Å². The van der Waals surface area contributed by atoms with Crippen molar-refractivity contribution >= 4 is 35.0 Å². The minimum Gasteiger partial charge on any atom is -0.368 e. The van der Waals surface area contributed by atoms with E-state index in [-0.39, 0.29) is 24.2 Å². The molecule has 0 N–H and O–H groups in total. The summed E-state index contributed by atoms with van der Waals surface area (Å²) in [4.78, 5) is 37.3. The van der Waals surface area contributed by atoms with Crippen molar-refractivity contribution in [1.29, 1.82) is 0 Å². The maximum Gasteiger partial charge on any atom is 0.261 e. The number of pyridine rings is 1. The van der Waals surface area contributed by atoms with E-state index < -0.39 is 0 Å². The van der Waals surface area contributed by atoms with E-state index in [1.165, 1.54) is 23.9 Å². The first-order valence-electron chi connectivity index (χ1n) is 10.4. The van der Waals surface area contributed by atoms with Gasteiger partial charge in [-0.15, -0.1) is 0 Å². The third kappa shape index (κ3) is 3.93. The summed E-state index contributed by atoms with van der Waals surface area (Å²) in [6.07, 6.45) is 1.67. The fraction of sp³-hybridized carbons (Fsp3) is 0.208. The molecule has 1 saturated heterocycles. The van der Waals surface area contributed by atoms with Crippen LogP contribution < -0.4 is 9.80 Å². The van der Waals surface area contributed by atoms with Gasteiger partial charge in [0.25, 0.3) is 5.91 Å². The molecule has 0 aliphatic carbocycles. The molecular weight excluding hydrogens is 427 g/mol. The molecule has 3 aromatic rings. The molecule has 2 aromatic carbocycles. The summed E-state index contributed by atoms with van der Waals surface area (Å²) in [5, 5.41) is 0.646. The maximum atomic E-state index is 13.3. The average Bonchev–Trinajstić information content (AvgIpc) is 2.94. The van der Waals surface area contributed by atoms with E-state index in [4.69, 9.17) is 0 Å². The van der Waals surface area contributed by atoms with Crippen LogP contribution in [0.25, 0.3) is 0 Å². The predicted molar refractivity (Wildman–Crippen MR) is 122 cm³/mol. The molecule has 1 aromatic heterocycles. The van der Waals surface area contributed by atoms with Crippen LogP contribution in [0, 0.1) is 5.82 Å². The van der Waals surface area contributed by atoms with Gasteiger partial charge in [-0.05, 0) is 48.5 Å². The monoisotopic (exact) mass is 448 g/mol. The van der Waals surface area contributed by atoms with Crippen molar-refractivity contribution < 1.29 is 14.0 Å². The third-order valence-electron chi connectivity index (χ3n) is 5.73. The quantitative estimate of drug-likeness (QED) is 0.612. The van der Waals surface area contributed by atoms with Crippen LogP contribution in [-0.2, 0) is 4.79 Å². The largest absolute Gasteiger partial charge is 0.368 e. The molecule has 1 fully saturated rings. The normalized spacial score (nSPS) is 15.8. The standard InChI is InChI=1S/C24H21FN4O2S/c25-17-7-9-18(10-8-17)27-12-14-28(15-13-27)22(30)16-29-20-5-1-2-6-21(20)32-23-19(24(29)31)4-3-11-26-23/h1-11H,12-16H2. The number of benzene rings is 2. The van der Waals surface area contributed by atoms with Gasteiger partial charge in [-0.25, -0.2) is 9.37 Å². The van der Waals surface area contributed by atoms with E-state index in [2.05, 4.69) is 9.88 Å². The summed E-state index contributed by atoms with van der Waals surface area (Å²) < 4.78 is 13.2. The van der Waals surface area contributed by atoms with E-state index in [0.717, 1.165) is 16.3 Å². The van der Waals surface area contributed by atoms with Crippen LogP contribution >= 0.6 is 11.8 Å². The van der Waals surface area contributed by atoms with Gasteiger partial charge in [0.15, 0.2) is 0 Å². The van der Waals surface area contributed by atoms with Gasteiger partial charge in [-0.3, -0.25) is 14.5 Å². The summed E-state index contributed by atoms with van der Waals surface area (Å²) >= 11 is 1.44. The number of piperazine rings is 1. The first-order chi connectivity index (χ1) is 15.6. The molecule has 3 heterocycles. The van der Waals surface area contributed by atoms with Crippen molar-refractivity contribution in [3.8, 4) is 0 Å². The zero-order valence-electron chi connectivity index (χ0n) is 17.3. The number of hydrogen-bond acceptors (Lipinski definition) is 5. The lowest BCUT2D eigenvalue weighted by Crippen LogP contribution is -2.52. The summed E-state index contributed by atoms with van der Waals surface area (Å²) in [5.41, 5.74) is 2.16. The molecule has 6 nitrogen and oxygen atoms in total. The number of halogens is 1. The summed E-state index contributed by atoms with van der Waals surface area (Å²) in [6.45, 7) is 2.38. The average molecular weight is 449 g/mol. The highest BCUT2D eigenvalue weighted by atomic mass is 32.2. The molecule has 2 aliphatic rings. The van der Waals surface area contributed by atoms with Gasteiger partial charge in [0.1, 0.15) is 17.4 Å². The van der Waals surface area contributed by atoms with Gasteiger partial charge in [-0.1, -0.05) is 23.9 Å². The second-order valence-electron chi connectivity index (χ2n) is 7.66. The smallest absolute Gasteiger partial charge is 0.261 e. The lowest BCUT2D eigenvalue weighted by Gasteiger charge is -2.37. The number of nitrogens with zero attached hydrogens (tertiary/aromatic N) is 4. The molecule has 2 amide bonds. The second-order valence-corrected chi connectivity index (χ2v) is 8.69. The van der Waals surface area contributed by atoms with E-state index in [9.17, 15) is 14.0 Å². The van der Waals surface area contributed by atoms with Gasteiger partial charge < -0.3 is 9.80 Å². The van der Waals surface area contributed by atoms with E-state index in [1.807, 2.05) is 24.3 Å². The molecule has 0 saturated carbocycles. The lowest BCUT2D eigenvalue weighted by atomic mass is 10.2. The Balaban J connectivity index is 1.33. The number of hydrogen-bond donors (Lipinski definition) is 0. The van der Waals surface area contributed by atoms with Gasteiger partial charge >= 0.3 is 0 Å². The molecule has 0 bridgehead atoms. The number of carbonyl (C=O) groups is 2. The summed E-state index contributed by atoms with van der Waals surface area (Å²) in [5.74, 6) is -0.576. The van der Waals surface area contributed by atoms with Crippen molar-refractivity contribution in [2.45, 2.75) is 9.92 Å². The first-order valence-corrected chi connectivity index (χ1v) is 11.2. The number of rotatable bonds is 3. The van der Waals surface area contributed by atoms with Crippen LogP contribution in [0.4, 0.5) is 15.8 Å². The highest BCUT2D eigenvalue weighted by Crippen LogP contribution is 2.40. The van der Waals surface area contributed by atoms with Crippen molar-refractivity contribution in [1.82, 2.24) is 9.88 Å². The Kier molecular flexibility index (Phi) is 5.53. The van der Waals surface area contributed by atoms with E-state index in [1.54, 1.807) is 40.3 Å². The van der Waals surface area contributed by atoms with Crippen LogP contribution in [0.15, 0.2) is 76.8 Å². The number of aromatic nitrogens is 1. The Hall–Kier alpha value is -3.39. The van der Waals surface area contributed by atoms with Crippen LogP contribution in [0.1, 0.15) is 10.4 Å². The van der Waals surface area contributed by atoms with Crippen LogP contribution in [0.3, 0.4) is 0 Å². The Bertz CT molecular complexity index is 1160. The number of fused-ring (bicyclic) bond motifs is 2. The van der Waals surface area contributed by atoms with Crippen LogP contribution in [0.2, 0.25) is 0 Å². The molecule has 32 heavy (non-hydrogen) atoms. The number of carbonyl (C=O) groups excluding carboxylic acids is 2. The van der Waals surface area contributed by atoms with Crippen LogP contribution in [-0.4, -0.2) is 54.4 Å². The number of amides is 2. The minimum atomic E-state index is -0.264. The van der Waals surface area contributed by atoms with Crippen molar-refractivity contribution in [3.05, 3.63) is 78.2 Å². The highest BCUT2D eigenvalue weighted by Gasteiger charge is 2.31. The minimum absolute atomic E-state index is 0.0265. The van der Waals surface area contributed by atoms with Crippen molar-refractivity contribution in [2.75, 3.05) is 42.5 Å². The molecule has 0 radical (unpaired) electrons. The van der Waals surface area contributed by atoms with Gasteiger partial charge in [0.2, 0.25) is 5.91 Å². The molecule has 0 spiro atoms. The number of anilines is 2. The van der Waals surface area contributed by atoms with Crippen LogP contribution in [0.5, 0.6) is 0 Å². The number of para-hydroxylation sites is 1. The van der Waals surface area contributed by atoms with Gasteiger partial charge in [-0.2, -0.15) is 0 Å². The van der Waals surface area contributed by atoms with Crippen molar-refractivity contribution in [2.24, 2.45) is 0 Å². The predicted octanol–water partition coefficient (Wildman–Crippen LogP) is 3.68. The molecule has 2 aliphatic heterocycles. The first kappa shape index (κ1) is 20.5. The SMILES string of the molecule is O=C(CN1C(=O)c2cccnc2Sc2ccccc21)N1CCN(c2ccc(F)cc2)CC1. The summed E-state index contributed by atoms with van der Waals surface area (Å²) in [7, 11) is 0. The van der Waals surface area contributed by atoms with Gasteiger partial charge in [0, 0.05) is 43.0 Å². The fourth-order valence-electron chi connectivity index (χ4n) is 4.02. The zero-order valence-corrected chi connectivity index (χ0v) is 18.1. The molecule has 0 atom stereocenters. The molecule has 5 rings (SSSR count).